The summed E-state index contributed by atoms with van der Waals surface area (Å²) in [5.41, 5.74) is 1.90. The van der Waals surface area contributed by atoms with Crippen LogP contribution in [0.1, 0.15) is 45.2 Å². The van der Waals surface area contributed by atoms with Gasteiger partial charge in [0.25, 0.3) is 16.0 Å². The summed E-state index contributed by atoms with van der Waals surface area (Å²) < 4.78 is 29.6. The molecule has 17 heteroatoms. The highest BCUT2D eigenvalue weighted by Crippen LogP contribution is 2.28. The number of halogens is 1. The molecule has 1 aliphatic heterocycles. The molecule has 0 spiro atoms. The monoisotopic (exact) mass is 719 g/mol. The SMILES string of the molecule is CN1CCc2nc(C(=O)N[C@@H]3C[C@H](C(=O)N(C)C)CC[C@H]3NC(=O)C(=O)Nc3ccc(Cl)cn3)sc2C1.Cc1ccc(S(=O)(=O)O)cc1. The van der Waals surface area contributed by atoms with Crippen molar-refractivity contribution in [3.8, 4) is 0 Å². The zero-order chi connectivity index (χ0) is 35.2. The Bertz CT molecular complexity index is 1750. The van der Waals surface area contributed by atoms with Crippen LogP contribution in [0.15, 0.2) is 47.5 Å². The number of pyridine rings is 1. The van der Waals surface area contributed by atoms with Crippen LogP contribution in [0.2, 0.25) is 5.02 Å². The number of fused-ring (bicyclic) bond motifs is 1. The van der Waals surface area contributed by atoms with Gasteiger partial charge >= 0.3 is 11.8 Å². The molecule has 0 radical (unpaired) electrons. The Kier molecular flexibility index (Phi) is 12.3. The fraction of sp³-hybridized carbons (Fsp3) is 0.419. The van der Waals surface area contributed by atoms with Crippen LogP contribution in [0.4, 0.5) is 5.82 Å². The first-order valence-electron chi connectivity index (χ1n) is 15.1. The van der Waals surface area contributed by atoms with Gasteiger partial charge in [-0.25, -0.2) is 9.97 Å². The fourth-order valence-electron chi connectivity index (χ4n) is 5.31. The maximum Gasteiger partial charge on any atom is 0.314 e. The number of carbonyl (C=O) groups is 4. The molecule has 1 fully saturated rings. The molecule has 3 heterocycles. The Morgan fingerprint density at radius 1 is 1.02 bits per heavy atom. The molecule has 3 atom stereocenters. The largest absolute Gasteiger partial charge is 0.349 e. The van der Waals surface area contributed by atoms with Crippen molar-refractivity contribution < 1.29 is 32.1 Å². The Balaban J connectivity index is 0.000000401. The predicted molar refractivity (Wildman–Crippen MR) is 180 cm³/mol. The van der Waals surface area contributed by atoms with E-state index < -0.39 is 34.0 Å². The zero-order valence-corrected chi connectivity index (χ0v) is 29.3. The number of likely N-dealkylation sites (N-methyl/N-ethyl adjacent to an activating group) is 1. The number of aryl methyl sites for hydroxylation is 1. The molecule has 0 unspecified atom stereocenters. The molecular weight excluding hydrogens is 682 g/mol. The summed E-state index contributed by atoms with van der Waals surface area (Å²) in [5, 5.41) is 8.91. The first kappa shape index (κ1) is 36.9. The van der Waals surface area contributed by atoms with E-state index in [1.807, 2.05) is 14.0 Å². The lowest BCUT2D eigenvalue weighted by atomic mass is 9.81. The minimum atomic E-state index is -4.02. The van der Waals surface area contributed by atoms with E-state index in [2.05, 4.69) is 30.8 Å². The highest BCUT2D eigenvalue weighted by atomic mass is 35.5. The van der Waals surface area contributed by atoms with Gasteiger partial charge in [-0.15, -0.1) is 11.3 Å². The van der Waals surface area contributed by atoms with Crippen molar-refractivity contribution in [3.05, 3.63) is 68.8 Å². The average Bonchev–Trinajstić information content (AvgIpc) is 3.46. The summed E-state index contributed by atoms with van der Waals surface area (Å²) in [7, 11) is 1.39. The number of rotatable bonds is 6. The number of thiazole rings is 1. The summed E-state index contributed by atoms with van der Waals surface area (Å²) in [6.45, 7) is 3.48. The Morgan fingerprint density at radius 3 is 2.35 bits per heavy atom. The normalized spacial score (nSPS) is 19.2. The van der Waals surface area contributed by atoms with Crippen LogP contribution < -0.4 is 16.0 Å². The van der Waals surface area contributed by atoms with E-state index in [9.17, 15) is 27.6 Å². The van der Waals surface area contributed by atoms with Crippen LogP contribution in [0.25, 0.3) is 0 Å². The summed E-state index contributed by atoms with van der Waals surface area (Å²) in [6, 6.07) is 7.93. The van der Waals surface area contributed by atoms with Crippen LogP contribution >= 0.6 is 22.9 Å². The number of hydrogen-bond acceptors (Lipinski definition) is 10. The smallest absolute Gasteiger partial charge is 0.314 e. The van der Waals surface area contributed by atoms with E-state index in [4.69, 9.17) is 16.2 Å². The second-order valence-corrected chi connectivity index (χ2v) is 14.8. The Morgan fingerprint density at radius 2 is 1.73 bits per heavy atom. The maximum atomic E-state index is 13.2. The molecule has 14 nitrogen and oxygen atoms in total. The van der Waals surface area contributed by atoms with Gasteiger partial charge in [0, 0.05) is 56.6 Å². The third-order valence-electron chi connectivity index (χ3n) is 7.88. The number of amides is 4. The Hall–Kier alpha value is -3.96. The van der Waals surface area contributed by atoms with Crippen LogP contribution in [0.3, 0.4) is 0 Å². The van der Waals surface area contributed by atoms with Crippen molar-refractivity contribution in [1.29, 1.82) is 0 Å². The van der Waals surface area contributed by atoms with Crippen molar-refractivity contribution in [3.63, 3.8) is 0 Å². The molecule has 0 bridgehead atoms. The van der Waals surface area contributed by atoms with Crippen LogP contribution in [-0.4, -0.2) is 96.1 Å². The number of benzene rings is 1. The number of anilines is 1. The topological polar surface area (TPSA) is 191 Å². The molecule has 2 aromatic heterocycles. The fourth-order valence-corrected chi connectivity index (χ4v) is 6.99. The van der Waals surface area contributed by atoms with Crippen molar-refractivity contribution in [2.45, 2.75) is 56.1 Å². The number of nitrogens with one attached hydrogen (secondary N) is 3. The zero-order valence-electron chi connectivity index (χ0n) is 26.9. The van der Waals surface area contributed by atoms with Crippen molar-refractivity contribution >= 4 is 62.5 Å². The summed E-state index contributed by atoms with van der Waals surface area (Å²) in [5.74, 6) is -2.25. The van der Waals surface area contributed by atoms with Gasteiger partial charge in [-0.2, -0.15) is 8.42 Å². The summed E-state index contributed by atoms with van der Waals surface area (Å²) in [6.07, 6.45) is 3.42. The van der Waals surface area contributed by atoms with E-state index in [1.165, 1.54) is 40.6 Å². The molecule has 258 valence electrons. The van der Waals surface area contributed by atoms with Gasteiger partial charge in [0.1, 0.15) is 5.82 Å². The van der Waals surface area contributed by atoms with E-state index >= 15 is 0 Å². The van der Waals surface area contributed by atoms with Gasteiger partial charge in [-0.3, -0.25) is 23.7 Å². The minimum absolute atomic E-state index is 0.0386. The highest BCUT2D eigenvalue weighted by Gasteiger charge is 2.37. The lowest BCUT2D eigenvalue weighted by Gasteiger charge is -2.37. The number of hydrogen-bond donors (Lipinski definition) is 4. The number of nitrogens with zero attached hydrogens (tertiary/aromatic N) is 4. The Labute approximate surface area is 288 Å². The average molecular weight is 720 g/mol. The third kappa shape index (κ3) is 10.0. The quantitative estimate of drug-likeness (QED) is 0.218. The summed E-state index contributed by atoms with van der Waals surface area (Å²) >= 11 is 7.17. The minimum Gasteiger partial charge on any atom is -0.349 e. The van der Waals surface area contributed by atoms with Gasteiger partial charge in [0.15, 0.2) is 5.01 Å². The molecular formula is C31H38ClN7O7S2. The molecule has 3 aromatic rings. The number of aromatic nitrogens is 2. The third-order valence-corrected chi connectivity index (χ3v) is 10.1. The van der Waals surface area contributed by atoms with Crippen LogP contribution in [0.5, 0.6) is 0 Å². The van der Waals surface area contributed by atoms with E-state index in [0.29, 0.717) is 29.3 Å². The van der Waals surface area contributed by atoms with Crippen molar-refractivity contribution in [2.75, 3.05) is 33.0 Å². The van der Waals surface area contributed by atoms with Gasteiger partial charge in [0.05, 0.1) is 21.7 Å². The van der Waals surface area contributed by atoms with E-state index in [0.717, 1.165) is 35.6 Å². The molecule has 4 N–H and O–H groups in total. The van der Waals surface area contributed by atoms with Gasteiger partial charge in [0.2, 0.25) is 5.91 Å². The standard InChI is InChI=1S/C24H30ClN7O4S.C7H8O3S/c1-31(2)24(36)13-4-6-15(27-20(33)21(34)30-19-7-5-14(25)11-26-19)17(10-13)28-22(35)23-29-16-8-9-32(3)12-18(16)37-23;1-6-2-4-7(5-3-6)11(8,9)10/h5,7,11,13,15,17H,4,6,8-10,12H2,1-3H3,(H,27,33)(H,28,35)(H,26,30,34);2-5H,1H3,(H,8,9,10)/t13-,15-,17-;/m1./s1. The molecule has 2 aliphatic rings. The molecule has 4 amide bonds. The van der Waals surface area contributed by atoms with Crippen molar-refractivity contribution in [1.82, 2.24) is 30.4 Å². The highest BCUT2D eigenvalue weighted by molar-refractivity contribution is 7.85. The summed E-state index contributed by atoms with van der Waals surface area (Å²) in [4.78, 5) is 64.2. The first-order chi connectivity index (χ1) is 22.6. The molecule has 48 heavy (non-hydrogen) atoms. The van der Waals surface area contributed by atoms with Crippen molar-refractivity contribution in [2.24, 2.45) is 5.92 Å². The number of carbonyl (C=O) groups excluding carboxylic acids is 4. The second-order valence-electron chi connectivity index (χ2n) is 11.9. The second kappa shape index (κ2) is 16.0. The molecule has 1 saturated carbocycles. The molecule has 1 aliphatic carbocycles. The van der Waals surface area contributed by atoms with Gasteiger partial charge < -0.3 is 25.8 Å². The lowest BCUT2D eigenvalue weighted by Crippen LogP contribution is -2.57. The molecule has 5 rings (SSSR count). The maximum absolute atomic E-state index is 13.2. The molecule has 0 saturated heterocycles. The van der Waals surface area contributed by atoms with Crippen LogP contribution in [-0.2, 0) is 37.5 Å². The van der Waals surface area contributed by atoms with E-state index in [1.54, 1.807) is 32.3 Å². The van der Waals surface area contributed by atoms with Gasteiger partial charge in [-0.1, -0.05) is 29.3 Å². The first-order valence-corrected chi connectivity index (χ1v) is 17.7. The lowest BCUT2D eigenvalue weighted by molar-refractivity contribution is -0.137. The van der Waals surface area contributed by atoms with Gasteiger partial charge in [-0.05, 0) is 57.5 Å². The van der Waals surface area contributed by atoms with Crippen LogP contribution in [0, 0.1) is 12.8 Å². The predicted octanol–water partition coefficient (Wildman–Crippen LogP) is 2.53. The van der Waals surface area contributed by atoms with E-state index in [-0.39, 0.29) is 28.4 Å². The molecule has 1 aromatic carbocycles.